The maximum absolute atomic E-state index is 12.1. The smallest absolute Gasteiger partial charge is 0.230 e. The molecule has 0 saturated carbocycles. The van der Waals surface area contributed by atoms with Crippen molar-refractivity contribution in [3.8, 4) is 0 Å². The van der Waals surface area contributed by atoms with Crippen LogP contribution in [-0.4, -0.2) is 50.9 Å². The Balaban J connectivity index is 1.43. The van der Waals surface area contributed by atoms with E-state index >= 15 is 0 Å². The lowest BCUT2D eigenvalue weighted by Gasteiger charge is -2.33. The molecule has 1 fully saturated rings. The van der Waals surface area contributed by atoms with Crippen molar-refractivity contribution < 1.29 is 4.79 Å². The Bertz CT molecular complexity index is 665. The summed E-state index contributed by atoms with van der Waals surface area (Å²) >= 11 is 2.67. The summed E-state index contributed by atoms with van der Waals surface area (Å²) in [5.41, 5.74) is 6.74. The molecule has 0 radical (unpaired) electrons. The molecule has 24 heavy (non-hydrogen) atoms. The zero-order valence-corrected chi connectivity index (χ0v) is 14.9. The molecule has 128 valence electrons. The van der Waals surface area contributed by atoms with Crippen LogP contribution >= 0.6 is 23.1 Å². The number of amides is 1. The summed E-state index contributed by atoms with van der Waals surface area (Å²) in [5, 5.41) is 11.2. The van der Waals surface area contributed by atoms with Crippen LogP contribution in [0.25, 0.3) is 0 Å². The van der Waals surface area contributed by atoms with Gasteiger partial charge in [0, 0.05) is 31.5 Å². The highest BCUT2D eigenvalue weighted by Gasteiger charge is 2.21. The third kappa shape index (κ3) is 5.15. The molecule has 2 aromatic rings. The van der Waals surface area contributed by atoms with Gasteiger partial charge in [-0.2, -0.15) is 0 Å². The first kappa shape index (κ1) is 17.1. The number of nitrogens with zero attached hydrogens (tertiary/aromatic N) is 4. The Morgan fingerprint density at radius 2 is 2.42 bits per heavy atom. The number of hydrogen-bond acceptors (Lipinski definition) is 8. The largest absolute Gasteiger partial charge is 0.374 e. The van der Waals surface area contributed by atoms with Gasteiger partial charge in [-0.25, -0.2) is 0 Å². The minimum atomic E-state index is 0.0296. The number of thioether (sulfide) groups is 1. The van der Waals surface area contributed by atoms with E-state index in [1.165, 1.54) is 28.7 Å². The van der Waals surface area contributed by atoms with Crippen molar-refractivity contribution in [2.75, 3.05) is 24.6 Å². The summed E-state index contributed by atoms with van der Waals surface area (Å²) in [5.74, 6) is 0.371. The zero-order valence-electron chi connectivity index (χ0n) is 13.2. The van der Waals surface area contributed by atoms with E-state index in [9.17, 15) is 4.79 Å². The molecule has 1 aliphatic rings. The van der Waals surface area contributed by atoms with Gasteiger partial charge in [0.1, 0.15) is 0 Å². The van der Waals surface area contributed by atoms with Gasteiger partial charge >= 0.3 is 0 Å². The topological polar surface area (TPSA) is 97.0 Å². The summed E-state index contributed by atoms with van der Waals surface area (Å²) in [6, 6.07) is 4.23. The molecule has 3 heterocycles. The predicted molar refractivity (Wildman–Crippen MR) is 95.7 cm³/mol. The second kappa shape index (κ2) is 8.41. The molecule has 0 aromatic carbocycles. The van der Waals surface area contributed by atoms with E-state index in [0.717, 1.165) is 36.8 Å². The highest BCUT2D eigenvalue weighted by Crippen LogP contribution is 2.23. The Kier molecular flexibility index (Phi) is 6.00. The summed E-state index contributed by atoms with van der Waals surface area (Å²) in [6.07, 6.45) is 5.79. The summed E-state index contributed by atoms with van der Waals surface area (Å²) in [6.45, 7) is 2.80. The normalized spacial score (nSPS) is 18.4. The molecule has 7 nitrogen and oxygen atoms in total. The second-order valence-corrected chi connectivity index (χ2v) is 7.93. The lowest BCUT2D eigenvalue weighted by Crippen LogP contribution is -2.47. The summed E-state index contributed by atoms with van der Waals surface area (Å²) < 4.78 is 0.726. The molecular weight excluding hydrogens is 344 g/mol. The van der Waals surface area contributed by atoms with E-state index in [4.69, 9.17) is 5.73 Å². The van der Waals surface area contributed by atoms with E-state index in [1.807, 2.05) is 12.3 Å². The number of likely N-dealkylation sites (tertiary alicyclic amines) is 1. The van der Waals surface area contributed by atoms with Crippen molar-refractivity contribution in [1.82, 2.24) is 25.4 Å². The van der Waals surface area contributed by atoms with Gasteiger partial charge < -0.3 is 11.1 Å². The number of nitrogens with one attached hydrogen (secondary N) is 1. The maximum atomic E-state index is 12.1. The number of aromatic nitrogens is 3. The predicted octanol–water partition coefficient (Wildman–Crippen LogP) is 1.39. The van der Waals surface area contributed by atoms with Crippen LogP contribution in [0.2, 0.25) is 0 Å². The number of carbonyl (C=O) groups excluding carboxylic acids is 1. The molecule has 0 spiro atoms. The molecule has 0 unspecified atom stereocenters. The van der Waals surface area contributed by atoms with Crippen LogP contribution in [0.5, 0.6) is 0 Å². The summed E-state index contributed by atoms with van der Waals surface area (Å²) in [7, 11) is 0. The van der Waals surface area contributed by atoms with E-state index in [2.05, 4.69) is 31.5 Å². The fraction of sp³-hybridized carbons (Fsp3) is 0.467. The number of nitrogen functional groups attached to an aromatic ring is 1. The molecule has 1 aliphatic heterocycles. The van der Waals surface area contributed by atoms with Crippen LogP contribution in [0.4, 0.5) is 5.13 Å². The molecule has 3 N–H and O–H groups in total. The minimum absolute atomic E-state index is 0.0296. The van der Waals surface area contributed by atoms with Crippen molar-refractivity contribution in [2.45, 2.75) is 29.8 Å². The van der Waals surface area contributed by atoms with Crippen molar-refractivity contribution in [1.29, 1.82) is 0 Å². The van der Waals surface area contributed by atoms with Gasteiger partial charge in [0.2, 0.25) is 11.0 Å². The monoisotopic (exact) mass is 364 g/mol. The van der Waals surface area contributed by atoms with Gasteiger partial charge in [-0.15, -0.1) is 10.2 Å². The second-order valence-electron chi connectivity index (χ2n) is 5.70. The summed E-state index contributed by atoms with van der Waals surface area (Å²) in [4.78, 5) is 18.6. The molecule has 1 amide bonds. The Hall–Kier alpha value is -1.71. The molecule has 1 atom stereocenters. The lowest BCUT2D eigenvalue weighted by molar-refractivity contribution is -0.119. The van der Waals surface area contributed by atoms with Gasteiger partial charge in [0.15, 0.2) is 4.34 Å². The van der Waals surface area contributed by atoms with Crippen molar-refractivity contribution in [2.24, 2.45) is 0 Å². The highest BCUT2D eigenvalue weighted by molar-refractivity contribution is 8.01. The fourth-order valence-electron chi connectivity index (χ4n) is 2.74. The number of hydrogen-bond donors (Lipinski definition) is 2. The van der Waals surface area contributed by atoms with Gasteiger partial charge in [-0.1, -0.05) is 29.2 Å². The molecule has 3 rings (SSSR count). The van der Waals surface area contributed by atoms with Crippen LogP contribution in [0.3, 0.4) is 0 Å². The van der Waals surface area contributed by atoms with Crippen LogP contribution in [-0.2, 0) is 11.3 Å². The van der Waals surface area contributed by atoms with E-state index in [-0.39, 0.29) is 11.9 Å². The first-order valence-corrected chi connectivity index (χ1v) is 9.61. The van der Waals surface area contributed by atoms with Crippen LogP contribution in [0.1, 0.15) is 18.4 Å². The average molecular weight is 365 g/mol. The van der Waals surface area contributed by atoms with Gasteiger partial charge in [-0.05, 0) is 31.0 Å². The number of carbonyl (C=O) groups is 1. The Morgan fingerprint density at radius 1 is 1.50 bits per heavy atom. The highest BCUT2D eigenvalue weighted by atomic mass is 32.2. The first-order valence-electron chi connectivity index (χ1n) is 7.81. The SMILES string of the molecule is Nc1nnc(SCC(=O)N[C@H]2CCCN(Cc3cccnc3)C2)s1. The molecule has 0 aliphatic carbocycles. The number of rotatable bonds is 6. The maximum Gasteiger partial charge on any atom is 0.230 e. The van der Waals surface area contributed by atoms with Crippen molar-refractivity contribution in [3.05, 3.63) is 30.1 Å². The number of pyridine rings is 1. The Labute approximate surface area is 149 Å². The van der Waals surface area contributed by atoms with Crippen LogP contribution in [0.15, 0.2) is 28.9 Å². The van der Waals surface area contributed by atoms with Crippen LogP contribution in [0, 0.1) is 0 Å². The third-order valence-corrected chi connectivity index (χ3v) is 5.63. The Morgan fingerprint density at radius 3 is 3.17 bits per heavy atom. The van der Waals surface area contributed by atoms with E-state index in [0.29, 0.717) is 10.9 Å². The fourth-order valence-corrected chi connectivity index (χ4v) is 4.19. The average Bonchev–Trinajstić information content (AvgIpc) is 3.00. The molecular formula is C15H20N6OS2. The van der Waals surface area contributed by atoms with Gasteiger partial charge in [0.05, 0.1) is 5.75 Å². The molecule has 0 bridgehead atoms. The lowest BCUT2D eigenvalue weighted by atomic mass is 10.1. The number of piperidine rings is 1. The van der Waals surface area contributed by atoms with E-state index in [1.54, 1.807) is 6.20 Å². The standard InChI is InChI=1S/C15H20N6OS2/c16-14-19-20-15(24-14)23-10-13(22)18-12-4-2-6-21(9-12)8-11-3-1-5-17-7-11/h1,3,5,7,12H,2,4,6,8-10H2,(H2,16,19)(H,18,22)/t12-/m0/s1. The molecule has 9 heteroatoms. The zero-order chi connectivity index (χ0) is 16.8. The van der Waals surface area contributed by atoms with Crippen molar-refractivity contribution >= 4 is 34.1 Å². The minimum Gasteiger partial charge on any atom is -0.374 e. The molecule has 1 saturated heterocycles. The quantitative estimate of drug-likeness (QED) is 0.748. The van der Waals surface area contributed by atoms with Crippen molar-refractivity contribution in [3.63, 3.8) is 0 Å². The van der Waals surface area contributed by atoms with Crippen LogP contribution < -0.4 is 11.1 Å². The molecule has 2 aromatic heterocycles. The van der Waals surface area contributed by atoms with E-state index < -0.39 is 0 Å². The first-order chi connectivity index (χ1) is 11.7. The third-order valence-electron chi connectivity index (χ3n) is 3.75. The van der Waals surface area contributed by atoms with Gasteiger partial charge in [0.25, 0.3) is 0 Å². The number of anilines is 1. The number of nitrogens with two attached hydrogens (primary N) is 1. The van der Waals surface area contributed by atoms with Gasteiger partial charge in [-0.3, -0.25) is 14.7 Å².